The van der Waals surface area contributed by atoms with E-state index in [1.807, 2.05) is 0 Å². The summed E-state index contributed by atoms with van der Waals surface area (Å²) < 4.78 is 0. The maximum Gasteiger partial charge on any atom is 0.328 e. The SMILES string of the molecule is CC(O)C(NC(=O)C(Cc1ccccc1)NC(=O)C(Cc1cnc[nH]1)NC(=O)C(N)CCC(N)=O)C(=O)O. The van der Waals surface area contributed by atoms with Crippen molar-refractivity contribution in [1.29, 1.82) is 0 Å². The molecule has 1 aromatic carbocycles. The van der Waals surface area contributed by atoms with Crippen LogP contribution in [0.2, 0.25) is 0 Å². The molecule has 14 heteroatoms. The number of carbonyl (C=O) groups excluding carboxylic acids is 4. The van der Waals surface area contributed by atoms with Gasteiger partial charge in [0.05, 0.1) is 18.5 Å². The molecule has 4 amide bonds. The first-order valence-electron chi connectivity index (χ1n) is 11.8. The highest BCUT2D eigenvalue weighted by Crippen LogP contribution is 2.07. The average molecular weight is 532 g/mol. The molecule has 10 N–H and O–H groups in total. The summed E-state index contributed by atoms with van der Waals surface area (Å²) in [5, 5.41) is 26.4. The van der Waals surface area contributed by atoms with Crippen molar-refractivity contribution in [1.82, 2.24) is 25.9 Å². The summed E-state index contributed by atoms with van der Waals surface area (Å²) in [6.45, 7) is 1.21. The van der Waals surface area contributed by atoms with Crippen molar-refractivity contribution in [2.24, 2.45) is 11.5 Å². The van der Waals surface area contributed by atoms with E-state index >= 15 is 0 Å². The first-order chi connectivity index (χ1) is 18.0. The van der Waals surface area contributed by atoms with Crippen molar-refractivity contribution in [3.05, 3.63) is 54.1 Å². The number of carbonyl (C=O) groups is 5. The quantitative estimate of drug-likeness (QED) is 0.123. The minimum Gasteiger partial charge on any atom is -0.480 e. The highest BCUT2D eigenvalue weighted by Gasteiger charge is 2.32. The van der Waals surface area contributed by atoms with Crippen molar-refractivity contribution in [3.63, 3.8) is 0 Å². The molecule has 38 heavy (non-hydrogen) atoms. The van der Waals surface area contributed by atoms with Crippen molar-refractivity contribution < 1.29 is 34.2 Å². The van der Waals surface area contributed by atoms with Gasteiger partial charge in [-0.15, -0.1) is 0 Å². The number of carboxylic acids is 1. The topological polar surface area (TPSA) is 243 Å². The number of aromatic amines is 1. The molecule has 2 rings (SSSR count). The number of hydrogen-bond donors (Lipinski definition) is 8. The summed E-state index contributed by atoms with van der Waals surface area (Å²) in [6.07, 6.45) is 1.23. The number of primary amides is 1. The third kappa shape index (κ3) is 9.63. The zero-order chi connectivity index (χ0) is 28.2. The van der Waals surface area contributed by atoms with Gasteiger partial charge in [-0.1, -0.05) is 30.3 Å². The van der Waals surface area contributed by atoms with E-state index < -0.39 is 59.9 Å². The molecule has 0 bridgehead atoms. The van der Waals surface area contributed by atoms with Gasteiger partial charge < -0.3 is 42.6 Å². The van der Waals surface area contributed by atoms with Crippen molar-refractivity contribution in [2.45, 2.75) is 62.9 Å². The van der Waals surface area contributed by atoms with Crippen LogP contribution in [0, 0.1) is 0 Å². The molecule has 0 aliphatic rings. The number of benzene rings is 1. The number of aliphatic hydroxyl groups excluding tert-OH is 1. The summed E-state index contributed by atoms with van der Waals surface area (Å²) in [7, 11) is 0. The Morgan fingerprint density at radius 3 is 2.13 bits per heavy atom. The van der Waals surface area contributed by atoms with Crippen LogP contribution in [0.4, 0.5) is 0 Å². The van der Waals surface area contributed by atoms with Crippen molar-refractivity contribution in [3.8, 4) is 0 Å². The molecule has 0 spiro atoms. The number of nitrogens with one attached hydrogen (secondary N) is 4. The third-order valence-corrected chi connectivity index (χ3v) is 5.61. The minimum atomic E-state index is -1.61. The van der Waals surface area contributed by atoms with Crippen LogP contribution >= 0.6 is 0 Å². The molecule has 0 radical (unpaired) electrons. The predicted octanol–water partition coefficient (Wildman–Crippen LogP) is -2.29. The molecular formula is C24H33N7O7. The molecule has 5 atom stereocenters. The van der Waals surface area contributed by atoms with E-state index in [-0.39, 0.29) is 25.7 Å². The van der Waals surface area contributed by atoms with Crippen molar-refractivity contribution in [2.75, 3.05) is 0 Å². The highest BCUT2D eigenvalue weighted by atomic mass is 16.4. The maximum absolute atomic E-state index is 13.3. The number of rotatable bonds is 15. The molecule has 5 unspecified atom stereocenters. The molecule has 1 aromatic heterocycles. The summed E-state index contributed by atoms with van der Waals surface area (Å²) in [5.41, 5.74) is 12.1. The van der Waals surface area contributed by atoms with Crippen LogP contribution in [0.1, 0.15) is 31.0 Å². The smallest absolute Gasteiger partial charge is 0.328 e. The van der Waals surface area contributed by atoms with Gasteiger partial charge in [-0.05, 0) is 18.9 Å². The molecule has 2 aromatic rings. The van der Waals surface area contributed by atoms with Gasteiger partial charge in [0.15, 0.2) is 6.04 Å². The van der Waals surface area contributed by atoms with E-state index in [4.69, 9.17) is 11.5 Å². The fraction of sp³-hybridized carbons (Fsp3) is 0.417. The Balaban J connectivity index is 2.25. The summed E-state index contributed by atoms with van der Waals surface area (Å²) in [5.74, 6) is -4.40. The molecule has 0 fully saturated rings. The third-order valence-electron chi connectivity index (χ3n) is 5.61. The lowest BCUT2D eigenvalue weighted by molar-refractivity contribution is -0.145. The minimum absolute atomic E-state index is 0.00654. The first kappa shape index (κ1) is 29.9. The number of aliphatic hydroxyl groups is 1. The van der Waals surface area contributed by atoms with E-state index in [2.05, 4.69) is 25.9 Å². The number of carboxylic acid groups (broad SMARTS) is 1. The Kier molecular flexibility index (Phi) is 11.4. The molecule has 0 aliphatic heterocycles. The Labute approximate surface area is 218 Å². The van der Waals surface area contributed by atoms with Gasteiger partial charge in [0.25, 0.3) is 0 Å². The normalized spacial score (nSPS) is 14.8. The number of hydrogen-bond acceptors (Lipinski definition) is 8. The maximum atomic E-state index is 13.3. The van der Waals surface area contributed by atoms with Gasteiger partial charge >= 0.3 is 5.97 Å². The largest absolute Gasteiger partial charge is 0.480 e. The van der Waals surface area contributed by atoms with Crippen LogP contribution in [0.3, 0.4) is 0 Å². The summed E-state index contributed by atoms with van der Waals surface area (Å²) in [6, 6.07) is 3.48. The standard InChI is InChI=1S/C24H33N7O7/c1-13(32)20(24(37)38)31-23(36)17(9-14-5-3-2-4-6-14)30-22(35)18(10-15-11-27-12-28-15)29-21(34)16(25)7-8-19(26)33/h2-6,11-13,16-18,20,32H,7-10,25H2,1H3,(H2,26,33)(H,27,28)(H,29,34)(H,30,35)(H,31,36)(H,37,38). The zero-order valence-electron chi connectivity index (χ0n) is 20.8. The Hall–Kier alpha value is -4.30. The van der Waals surface area contributed by atoms with Gasteiger partial charge in [0.1, 0.15) is 12.1 Å². The molecule has 206 valence electrons. The lowest BCUT2D eigenvalue weighted by Gasteiger charge is -2.26. The fourth-order valence-corrected chi connectivity index (χ4v) is 3.51. The fourth-order valence-electron chi connectivity index (χ4n) is 3.51. The van der Waals surface area contributed by atoms with Crippen molar-refractivity contribution >= 4 is 29.6 Å². The van der Waals surface area contributed by atoms with E-state index in [9.17, 15) is 34.2 Å². The second-order valence-electron chi connectivity index (χ2n) is 8.77. The Bertz CT molecular complexity index is 1090. The number of nitrogens with two attached hydrogens (primary N) is 2. The second kappa shape index (κ2) is 14.4. The lowest BCUT2D eigenvalue weighted by atomic mass is 10.0. The number of nitrogens with zero attached hydrogens (tertiary/aromatic N) is 1. The van der Waals surface area contributed by atoms with Crippen LogP contribution in [-0.2, 0) is 36.8 Å². The molecule has 14 nitrogen and oxygen atoms in total. The lowest BCUT2D eigenvalue weighted by Crippen LogP contribution is -2.59. The molecule has 0 saturated carbocycles. The van der Waals surface area contributed by atoms with Gasteiger partial charge in [-0.2, -0.15) is 0 Å². The number of H-pyrrole nitrogens is 1. The van der Waals surface area contributed by atoms with Crippen LogP contribution in [0.25, 0.3) is 0 Å². The molecular weight excluding hydrogens is 498 g/mol. The molecule has 1 heterocycles. The predicted molar refractivity (Wildman–Crippen MR) is 134 cm³/mol. The monoisotopic (exact) mass is 531 g/mol. The van der Waals surface area contributed by atoms with E-state index in [0.717, 1.165) is 0 Å². The number of aliphatic carboxylic acids is 1. The Morgan fingerprint density at radius 2 is 1.58 bits per heavy atom. The van der Waals surface area contributed by atoms with Crippen LogP contribution in [-0.4, -0.2) is 80.1 Å². The van der Waals surface area contributed by atoms with E-state index in [0.29, 0.717) is 11.3 Å². The number of amides is 4. The summed E-state index contributed by atoms with van der Waals surface area (Å²) in [4.78, 5) is 68.3. The van der Waals surface area contributed by atoms with Gasteiger partial charge in [-0.25, -0.2) is 9.78 Å². The second-order valence-corrected chi connectivity index (χ2v) is 8.77. The van der Waals surface area contributed by atoms with Crippen LogP contribution in [0.15, 0.2) is 42.9 Å². The number of imidazole rings is 1. The van der Waals surface area contributed by atoms with Crippen LogP contribution < -0.4 is 27.4 Å². The van der Waals surface area contributed by atoms with Gasteiger partial charge in [-0.3, -0.25) is 19.2 Å². The highest BCUT2D eigenvalue weighted by molar-refractivity contribution is 5.94. The zero-order valence-corrected chi connectivity index (χ0v) is 20.8. The first-order valence-corrected chi connectivity index (χ1v) is 11.8. The average Bonchev–Trinajstić information content (AvgIpc) is 3.38. The van der Waals surface area contributed by atoms with E-state index in [1.165, 1.54) is 19.4 Å². The van der Waals surface area contributed by atoms with E-state index in [1.54, 1.807) is 30.3 Å². The Morgan fingerprint density at radius 1 is 0.974 bits per heavy atom. The molecule has 0 saturated heterocycles. The van der Waals surface area contributed by atoms with Crippen LogP contribution in [0.5, 0.6) is 0 Å². The summed E-state index contributed by atoms with van der Waals surface area (Å²) >= 11 is 0. The van der Waals surface area contributed by atoms with Gasteiger partial charge in [0.2, 0.25) is 23.6 Å². The molecule has 0 aliphatic carbocycles. The number of aromatic nitrogens is 2. The van der Waals surface area contributed by atoms with Gasteiger partial charge in [0, 0.05) is 31.2 Å².